The molecule has 1 fully saturated rings. The van der Waals surface area contributed by atoms with Gasteiger partial charge in [0, 0.05) is 19.3 Å². The summed E-state index contributed by atoms with van der Waals surface area (Å²) in [6.07, 6.45) is 5.13. The van der Waals surface area contributed by atoms with Gasteiger partial charge in [-0.1, -0.05) is 32.8 Å². The van der Waals surface area contributed by atoms with Crippen molar-refractivity contribution in [1.29, 1.82) is 0 Å². The summed E-state index contributed by atoms with van der Waals surface area (Å²) in [5.74, 6) is 1.05. The summed E-state index contributed by atoms with van der Waals surface area (Å²) >= 11 is 0. The first-order chi connectivity index (χ1) is 10.0. The van der Waals surface area contributed by atoms with Gasteiger partial charge in [-0.2, -0.15) is 0 Å². The highest BCUT2D eigenvalue weighted by atomic mass is 32.2. The fourth-order valence-corrected chi connectivity index (χ4v) is 3.78. The van der Waals surface area contributed by atoms with Crippen molar-refractivity contribution in [3.63, 3.8) is 0 Å². The molecule has 1 aliphatic rings. The smallest absolute Gasteiger partial charge is 0.258 e. The van der Waals surface area contributed by atoms with E-state index in [2.05, 4.69) is 21.9 Å². The zero-order valence-electron chi connectivity index (χ0n) is 12.8. The van der Waals surface area contributed by atoms with Crippen molar-refractivity contribution in [3.8, 4) is 0 Å². The lowest BCUT2D eigenvalue weighted by molar-refractivity contribution is 0.414. The summed E-state index contributed by atoms with van der Waals surface area (Å²) in [5, 5.41) is 3.29. The number of nitrogens with one attached hydrogen (secondary N) is 2. The van der Waals surface area contributed by atoms with E-state index < -0.39 is 10.0 Å². The first-order valence-electron chi connectivity index (χ1n) is 7.68. The largest absolute Gasteiger partial charge is 0.313 e. The number of hydrogen-bond donors (Lipinski definition) is 2. The summed E-state index contributed by atoms with van der Waals surface area (Å²) in [5.41, 5.74) is 0.986. The normalized spacial score (nSPS) is 22.6. The molecule has 0 radical (unpaired) electrons. The van der Waals surface area contributed by atoms with Crippen molar-refractivity contribution >= 4 is 10.0 Å². The van der Waals surface area contributed by atoms with E-state index >= 15 is 0 Å². The third-order valence-corrected chi connectivity index (χ3v) is 5.57. The van der Waals surface area contributed by atoms with E-state index in [1.165, 1.54) is 12.8 Å². The summed E-state index contributed by atoms with van der Waals surface area (Å²) < 4.78 is 27.2. The average Bonchev–Trinajstić information content (AvgIpc) is 2.89. The van der Waals surface area contributed by atoms with Crippen LogP contribution in [0.1, 0.15) is 38.7 Å². The Labute approximate surface area is 127 Å². The monoisotopic (exact) mass is 311 g/mol. The van der Waals surface area contributed by atoms with Gasteiger partial charge in [-0.15, -0.1) is 0 Å². The Kier molecular flexibility index (Phi) is 5.72. The molecule has 1 aliphatic carbocycles. The number of sulfonamides is 1. The van der Waals surface area contributed by atoms with Crippen molar-refractivity contribution in [2.45, 2.75) is 44.7 Å². The Balaban J connectivity index is 1.95. The molecule has 21 heavy (non-hydrogen) atoms. The lowest BCUT2D eigenvalue weighted by atomic mass is 9.99. The van der Waals surface area contributed by atoms with Crippen LogP contribution in [0.5, 0.6) is 0 Å². The standard InChI is InChI=1S/C15H25N3O2S/c1-3-16-9-13-7-8-15(17-10-13)21(19,20)18-11-14-6-4-5-12(14)2/h7-8,10,12,14,16,18H,3-6,9,11H2,1-2H3. The zero-order valence-corrected chi connectivity index (χ0v) is 13.6. The lowest BCUT2D eigenvalue weighted by Crippen LogP contribution is -2.31. The number of rotatable bonds is 7. The number of pyridine rings is 1. The molecule has 2 unspecified atom stereocenters. The molecule has 0 saturated heterocycles. The van der Waals surface area contributed by atoms with Crippen molar-refractivity contribution in [1.82, 2.24) is 15.0 Å². The van der Waals surface area contributed by atoms with Crippen LogP contribution in [-0.4, -0.2) is 26.5 Å². The van der Waals surface area contributed by atoms with Crippen LogP contribution in [-0.2, 0) is 16.6 Å². The fraction of sp³-hybridized carbons (Fsp3) is 0.667. The maximum Gasteiger partial charge on any atom is 0.258 e. The van der Waals surface area contributed by atoms with Crippen LogP contribution in [0, 0.1) is 11.8 Å². The molecule has 2 N–H and O–H groups in total. The van der Waals surface area contributed by atoms with E-state index in [1.807, 2.05) is 13.0 Å². The Hall–Kier alpha value is -0.980. The van der Waals surface area contributed by atoms with Crippen LogP contribution in [0.25, 0.3) is 0 Å². The highest BCUT2D eigenvalue weighted by Crippen LogP contribution is 2.30. The molecule has 118 valence electrons. The molecule has 1 aromatic rings. The molecule has 0 spiro atoms. The number of hydrogen-bond acceptors (Lipinski definition) is 4. The molecule has 1 saturated carbocycles. The maximum atomic E-state index is 12.2. The molecular formula is C15H25N3O2S. The molecule has 0 aromatic carbocycles. The molecule has 0 bridgehead atoms. The molecule has 5 nitrogen and oxygen atoms in total. The minimum absolute atomic E-state index is 0.105. The molecular weight excluding hydrogens is 286 g/mol. The van der Waals surface area contributed by atoms with Gasteiger partial charge in [0.25, 0.3) is 10.0 Å². The average molecular weight is 311 g/mol. The highest BCUT2D eigenvalue weighted by molar-refractivity contribution is 7.89. The second-order valence-electron chi connectivity index (χ2n) is 5.81. The van der Waals surface area contributed by atoms with E-state index in [9.17, 15) is 8.42 Å². The second-order valence-corrected chi connectivity index (χ2v) is 7.52. The van der Waals surface area contributed by atoms with E-state index in [1.54, 1.807) is 12.3 Å². The minimum atomic E-state index is -3.49. The topological polar surface area (TPSA) is 71.1 Å². The van der Waals surface area contributed by atoms with Gasteiger partial charge in [-0.05, 0) is 36.4 Å². The number of aromatic nitrogens is 1. The van der Waals surface area contributed by atoms with Crippen LogP contribution in [0.15, 0.2) is 23.4 Å². The third kappa shape index (κ3) is 4.49. The van der Waals surface area contributed by atoms with Gasteiger partial charge in [0.2, 0.25) is 0 Å². The SMILES string of the molecule is CCNCc1ccc(S(=O)(=O)NCC2CCCC2C)nc1. The molecule has 0 amide bonds. The zero-order chi connectivity index (χ0) is 15.3. The first-order valence-corrected chi connectivity index (χ1v) is 9.16. The van der Waals surface area contributed by atoms with Crippen molar-refractivity contribution in [2.24, 2.45) is 11.8 Å². The molecule has 2 rings (SSSR count). The first kappa shape index (κ1) is 16.4. The van der Waals surface area contributed by atoms with Crippen LogP contribution >= 0.6 is 0 Å². The van der Waals surface area contributed by atoms with Crippen molar-refractivity contribution in [3.05, 3.63) is 23.9 Å². The van der Waals surface area contributed by atoms with E-state index in [0.29, 0.717) is 24.9 Å². The Morgan fingerprint density at radius 3 is 2.71 bits per heavy atom. The number of nitrogens with zero attached hydrogens (tertiary/aromatic N) is 1. The quantitative estimate of drug-likeness (QED) is 0.807. The van der Waals surface area contributed by atoms with Gasteiger partial charge in [0.1, 0.15) is 0 Å². The summed E-state index contributed by atoms with van der Waals surface area (Å²) in [6.45, 7) is 6.32. The Morgan fingerprint density at radius 2 is 2.14 bits per heavy atom. The Bertz CT molecular complexity index is 543. The van der Waals surface area contributed by atoms with Crippen LogP contribution in [0.3, 0.4) is 0 Å². The molecule has 6 heteroatoms. The summed E-state index contributed by atoms with van der Waals surface area (Å²) in [6, 6.07) is 3.38. The molecule has 0 aliphatic heterocycles. The van der Waals surface area contributed by atoms with Gasteiger partial charge in [-0.3, -0.25) is 0 Å². The van der Waals surface area contributed by atoms with Gasteiger partial charge in [-0.25, -0.2) is 18.1 Å². The van der Waals surface area contributed by atoms with E-state index in [-0.39, 0.29) is 5.03 Å². The predicted octanol–water partition coefficient (Wildman–Crippen LogP) is 1.91. The minimum Gasteiger partial charge on any atom is -0.313 e. The fourth-order valence-electron chi connectivity index (χ4n) is 2.76. The summed E-state index contributed by atoms with van der Waals surface area (Å²) in [4.78, 5) is 4.08. The van der Waals surface area contributed by atoms with Gasteiger partial charge < -0.3 is 5.32 Å². The van der Waals surface area contributed by atoms with Crippen molar-refractivity contribution < 1.29 is 8.42 Å². The van der Waals surface area contributed by atoms with Gasteiger partial charge in [0.15, 0.2) is 5.03 Å². The van der Waals surface area contributed by atoms with Crippen molar-refractivity contribution in [2.75, 3.05) is 13.1 Å². The van der Waals surface area contributed by atoms with Crippen LogP contribution in [0.4, 0.5) is 0 Å². The van der Waals surface area contributed by atoms with Gasteiger partial charge >= 0.3 is 0 Å². The van der Waals surface area contributed by atoms with Crippen LogP contribution < -0.4 is 10.0 Å². The van der Waals surface area contributed by atoms with E-state index in [4.69, 9.17) is 0 Å². The maximum absolute atomic E-state index is 12.2. The highest BCUT2D eigenvalue weighted by Gasteiger charge is 2.25. The third-order valence-electron chi connectivity index (χ3n) is 4.23. The molecule has 1 aromatic heterocycles. The van der Waals surface area contributed by atoms with Crippen LogP contribution in [0.2, 0.25) is 0 Å². The van der Waals surface area contributed by atoms with E-state index in [0.717, 1.165) is 18.5 Å². The summed E-state index contributed by atoms with van der Waals surface area (Å²) in [7, 11) is -3.49. The predicted molar refractivity (Wildman–Crippen MR) is 83.3 cm³/mol. The molecule has 1 heterocycles. The lowest BCUT2D eigenvalue weighted by Gasteiger charge is -2.15. The van der Waals surface area contributed by atoms with Gasteiger partial charge in [0.05, 0.1) is 0 Å². The molecule has 2 atom stereocenters. The Morgan fingerprint density at radius 1 is 1.33 bits per heavy atom. The second kappa shape index (κ2) is 7.33.